The van der Waals surface area contributed by atoms with Crippen molar-refractivity contribution in [3.63, 3.8) is 0 Å². The highest BCUT2D eigenvalue weighted by atomic mass is 35.5. The van der Waals surface area contributed by atoms with Gasteiger partial charge in [-0.15, -0.1) is 0 Å². The molecule has 0 aliphatic carbocycles. The fourth-order valence-corrected chi connectivity index (χ4v) is 2.97. The quantitative estimate of drug-likeness (QED) is 0.358. The summed E-state index contributed by atoms with van der Waals surface area (Å²) in [6.07, 6.45) is 0.371. The van der Waals surface area contributed by atoms with Crippen molar-refractivity contribution in [2.24, 2.45) is 0 Å². The lowest BCUT2D eigenvalue weighted by Crippen LogP contribution is -2.12. The highest BCUT2D eigenvalue weighted by molar-refractivity contribution is 7.87. The van der Waals surface area contributed by atoms with Crippen molar-refractivity contribution >= 4 is 33.7 Å². The zero-order chi connectivity index (χ0) is 16.3. The number of nitro benzene ring substituents is 1. The van der Waals surface area contributed by atoms with Crippen molar-refractivity contribution in [1.82, 2.24) is 0 Å². The number of aldehydes is 1. The number of benzene rings is 2. The molecule has 0 unspecified atom stereocenters. The number of carbonyl (C=O) groups excluding carboxylic acids is 1. The van der Waals surface area contributed by atoms with Crippen molar-refractivity contribution in [1.29, 1.82) is 0 Å². The number of nitro groups is 1. The molecule has 7 nitrogen and oxygen atoms in total. The van der Waals surface area contributed by atoms with Crippen molar-refractivity contribution in [3.05, 3.63) is 63.2 Å². The SMILES string of the molecule is O=Cc1cc(Cl)ccc1OS(=O)(=O)c1ccccc1[N+](=O)[O-]. The summed E-state index contributed by atoms with van der Waals surface area (Å²) in [5, 5.41) is 11.1. The second-order valence-electron chi connectivity index (χ2n) is 4.06. The van der Waals surface area contributed by atoms with Gasteiger partial charge in [-0.25, -0.2) is 0 Å². The van der Waals surface area contributed by atoms with Crippen LogP contribution in [0.4, 0.5) is 5.69 Å². The number of halogens is 1. The molecule has 2 rings (SSSR count). The standard InChI is InChI=1S/C13H8ClNO6S/c14-10-5-6-12(9(7-10)8-16)21-22(19,20)13-4-2-1-3-11(13)15(17)18/h1-8H. The molecule has 0 saturated carbocycles. The van der Waals surface area contributed by atoms with E-state index < -0.39 is 25.6 Å². The molecule has 0 fully saturated rings. The monoisotopic (exact) mass is 341 g/mol. The molecule has 0 aliphatic rings. The summed E-state index contributed by atoms with van der Waals surface area (Å²) in [5.74, 6) is -0.266. The van der Waals surface area contributed by atoms with Gasteiger partial charge in [0.05, 0.1) is 10.5 Å². The third-order valence-electron chi connectivity index (χ3n) is 2.63. The predicted molar refractivity (Wildman–Crippen MR) is 77.7 cm³/mol. The molecule has 9 heteroatoms. The van der Waals surface area contributed by atoms with Crippen LogP contribution < -0.4 is 4.18 Å². The number of hydrogen-bond acceptors (Lipinski definition) is 6. The Hall–Kier alpha value is -2.45. The van der Waals surface area contributed by atoms with E-state index in [4.69, 9.17) is 15.8 Å². The van der Waals surface area contributed by atoms with Crippen molar-refractivity contribution in [3.8, 4) is 5.75 Å². The van der Waals surface area contributed by atoms with E-state index in [0.717, 1.165) is 12.1 Å². The maximum Gasteiger partial charge on any atom is 0.346 e. The predicted octanol–water partition coefficient (Wildman–Crippen LogP) is 2.83. The van der Waals surface area contributed by atoms with Crippen LogP contribution in [0.2, 0.25) is 5.02 Å². The first kappa shape index (κ1) is 15.9. The van der Waals surface area contributed by atoms with Crippen LogP contribution in [-0.4, -0.2) is 19.6 Å². The van der Waals surface area contributed by atoms with E-state index in [1.165, 1.54) is 30.3 Å². The third kappa shape index (κ3) is 3.23. The Labute approximate surface area is 130 Å². The molecule has 114 valence electrons. The summed E-state index contributed by atoms with van der Waals surface area (Å²) in [6, 6.07) is 8.49. The number of nitrogens with zero attached hydrogens (tertiary/aromatic N) is 1. The third-order valence-corrected chi connectivity index (χ3v) is 4.15. The summed E-state index contributed by atoms with van der Waals surface area (Å²) in [4.78, 5) is 20.4. The minimum Gasteiger partial charge on any atom is -0.378 e. The van der Waals surface area contributed by atoms with Gasteiger partial charge in [-0.2, -0.15) is 8.42 Å². The number of carbonyl (C=O) groups is 1. The van der Waals surface area contributed by atoms with E-state index in [0.29, 0.717) is 6.29 Å². The molecule has 0 bridgehead atoms. The summed E-state index contributed by atoms with van der Waals surface area (Å²) in [7, 11) is -4.48. The second-order valence-corrected chi connectivity index (χ2v) is 6.01. The average Bonchev–Trinajstić information content (AvgIpc) is 2.48. The molecule has 0 heterocycles. The van der Waals surface area contributed by atoms with E-state index in [-0.39, 0.29) is 16.3 Å². The Balaban J connectivity index is 2.50. The molecule has 0 radical (unpaired) electrons. The zero-order valence-corrected chi connectivity index (χ0v) is 12.4. The Kier molecular flexibility index (Phi) is 4.43. The first-order valence-electron chi connectivity index (χ1n) is 5.78. The Morgan fingerprint density at radius 3 is 2.50 bits per heavy atom. The number of hydrogen-bond donors (Lipinski definition) is 0. The number of para-hydroxylation sites is 1. The van der Waals surface area contributed by atoms with Crippen LogP contribution in [0, 0.1) is 10.1 Å². The van der Waals surface area contributed by atoms with Crippen LogP contribution in [0.3, 0.4) is 0 Å². The molecule has 2 aromatic rings. The van der Waals surface area contributed by atoms with Crippen LogP contribution in [0.15, 0.2) is 47.4 Å². The molecule has 0 aromatic heterocycles. The lowest BCUT2D eigenvalue weighted by Gasteiger charge is -2.09. The molecule has 0 N–H and O–H groups in total. The first-order valence-corrected chi connectivity index (χ1v) is 7.56. The van der Waals surface area contributed by atoms with Crippen molar-refractivity contribution in [2.45, 2.75) is 4.90 Å². The van der Waals surface area contributed by atoms with Gasteiger partial charge in [0, 0.05) is 11.1 Å². The normalized spacial score (nSPS) is 11.0. The average molecular weight is 342 g/mol. The van der Waals surface area contributed by atoms with Gasteiger partial charge in [-0.1, -0.05) is 23.7 Å². The molecule has 0 aliphatic heterocycles. The minimum atomic E-state index is -4.48. The Morgan fingerprint density at radius 1 is 1.18 bits per heavy atom. The summed E-state index contributed by atoms with van der Waals surface area (Å²) < 4.78 is 29.2. The van der Waals surface area contributed by atoms with Gasteiger partial charge in [0.15, 0.2) is 16.9 Å². The molecular weight excluding hydrogens is 334 g/mol. The van der Waals surface area contributed by atoms with Gasteiger partial charge in [-0.05, 0) is 24.3 Å². The molecule has 22 heavy (non-hydrogen) atoms. The summed E-state index contributed by atoms with van der Waals surface area (Å²) >= 11 is 5.70. The van der Waals surface area contributed by atoms with Crippen molar-refractivity contribution in [2.75, 3.05) is 0 Å². The van der Waals surface area contributed by atoms with E-state index in [1.54, 1.807) is 0 Å². The van der Waals surface area contributed by atoms with E-state index in [9.17, 15) is 23.3 Å². The van der Waals surface area contributed by atoms with E-state index in [2.05, 4.69) is 0 Å². The second kappa shape index (κ2) is 6.12. The van der Waals surface area contributed by atoms with Gasteiger partial charge in [0.2, 0.25) is 0 Å². The molecule has 0 amide bonds. The van der Waals surface area contributed by atoms with Gasteiger partial charge < -0.3 is 4.18 Å². The lowest BCUT2D eigenvalue weighted by molar-refractivity contribution is -0.387. The summed E-state index contributed by atoms with van der Waals surface area (Å²) in [5.41, 5.74) is -0.709. The van der Waals surface area contributed by atoms with E-state index >= 15 is 0 Å². The van der Waals surface area contributed by atoms with E-state index in [1.807, 2.05) is 0 Å². The van der Waals surface area contributed by atoms with Crippen LogP contribution in [0.1, 0.15) is 10.4 Å². The van der Waals surface area contributed by atoms with Crippen molar-refractivity contribution < 1.29 is 22.3 Å². The van der Waals surface area contributed by atoms with Crippen LogP contribution >= 0.6 is 11.6 Å². The van der Waals surface area contributed by atoms with Gasteiger partial charge in [0.1, 0.15) is 0 Å². The van der Waals surface area contributed by atoms with Crippen LogP contribution in [0.5, 0.6) is 5.75 Å². The van der Waals surface area contributed by atoms with Gasteiger partial charge in [0.25, 0.3) is 5.69 Å². The first-order chi connectivity index (χ1) is 10.3. The fourth-order valence-electron chi connectivity index (χ4n) is 1.67. The topological polar surface area (TPSA) is 104 Å². The molecule has 0 atom stereocenters. The smallest absolute Gasteiger partial charge is 0.346 e. The fraction of sp³-hybridized carbons (Fsp3) is 0. The largest absolute Gasteiger partial charge is 0.378 e. The highest BCUT2D eigenvalue weighted by Crippen LogP contribution is 2.28. The molecule has 0 spiro atoms. The highest BCUT2D eigenvalue weighted by Gasteiger charge is 2.27. The van der Waals surface area contributed by atoms with Gasteiger partial charge in [-0.3, -0.25) is 14.9 Å². The van der Waals surface area contributed by atoms with Crippen LogP contribution in [0.25, 0.3) is 0 Å². The Bertz CT molecular complexity index is 849. The minimum absolute atomic E-state index is 0.0883. The Morgan fingerprint density at radius 2 is 1.86 bits per heavy atom. The van der Waals surface area contributed by atoms with Crippen LogP contribution in [-0.2, 0) is 10.1 Å². The zero-order valence-electron chi connectivity index (χ0n) is 10.8. The maximum absolute atomic E-state index is 12.2. The summed E-state index contributed by atoms with van der Waals surface area (Å²) in [6.45, 7) is 0. The van der Waals surface area contributed by atoms with Gasteiger partial charge >= 0.3 is 10.1 Å². The molecule has 0 saturated heterocycles. The molecular formula is C13H8ClNO6S. The molecule has 2 aromatic carbocycles. The lowest BCUT2D eigenvalue weighted by atomic mass is 10.2. The maximum atomic E-state index is 12.2. The number of rotatable bonds is 5.